The van der Waals surface area contributed by atoms with Crippen LogP contribution in [0, 0.1) is 10.8 Å². The minimum atomic E-state index is -0.835. The summed E-state index contributed by atoms with van der Waals surface area (Å²) in [6, 6.07) is 0. The molecule has 0 saturated carbocycles. The molecule has 0 aromatic carbocycles. The zero-order chi connectivity index (χ0) is 22.1. The molecule has 2 N–H and O–H groups in total. The molecule has 2 unspecified atom stereocenters. The van der Waals surface area contributed by atoms with Crippen LogP contribution in [0.2, 0.25) is 0 Å². The summed E-state index contributed by atoms with van der Waals surface area (Å²) in [7, 11) is 0. The average Bonchev–Trinajstić information content (AvgIpc) is 2.58. The highest BCUT2D eigenvalue weighted by Gasteiger charge is 2.35. The normalized spacial score (nSPS) is 28.5. The lowest BCUT2D eigenvalue weighted by atomic mass is 9.77. The van der Waals surface area contributed by atoms with E-state index in [1.165, 1.54) is 22.3 Å². The highest BCUT2D eigenvalue weighted by molar-refractivity contribution is 7.99. The minimum absolute atomic E-state index is 0.0201. The fourth-order valence-electron chi connectivity index (χ4n) is 4.00. The molecule has 0 aromatic heterocycles. The van der Waals surface area contributed by atoms with Crippen LogP contribution in [0.3, 0.4) is 0 Å². The molecule has 0 amide bonds. The molecule has 2 aliphatic carbocycles. The van der Waals surface area contributed by atoms with Crippen molar-refractivity contribution in [2.24, 2.45) is 10.8 Å². The zero-order valence-corrected chi connectivity index (χ0v) is 20.7. The number of thioether (sulfide) groups is 1. The molecule has 164 valence electrons. The Labute approximate surface area is 183 Å². The summed E-state index contributed by atoms with van der Waals surface area (Å²) >= 11 is 1.67. The Morgan fingerprint density at radius 1 is 0.759 bits per heavy atom. The Morgan fingerprint density at radius 2 is 1.10 bits per heavy atom. The highest BCUT2D eigenvalue weighted by atomic mass is 32.2. The molecule has 0 radical (unpaired) electrons. The van der Waals surface area contributed by atoms with Gasteiger partial charge in [-0.25, -0.2) is 0 Å². The van der Waals surface area contributed by atoms with Gasteiger partial charge in [0.1, 0.15) is 0 Å². The van der Waals surface area contributed by atoms with Gasteiger partial charge in [0.05, 0.1) is 11.2 Å². The van der Waals surface area contributed by atoms with E-state index in [9.17, 15) is 10.2 Å². The van der Waals surface area contributed by atoms with E-state index >= 15 is 0 Å². The Hall–Kier alpha value is -0.770. The van der Waals surface area contributed by atoms with Crippen molar-refractivity contribution in [1.82, 2.24) is 0 Å². The molecular formula is C26H42O2S. The first-order valence-corrected chi connectivity index (χ1v) is 12.2. The largest absolute Gasteiger partial charge is 0.385 e. The highest BCUT2D eigenvalue weighted by Crippen LogP contribution is 2.41. The Balaban J connectivity index is 2.14. The molecule has 2 aliphatic rings. The van der Waals surface area contributed by atoms with E-state index in [0.717, 1.165) is 12.8 Å². The van der Waals surface area contributed by atoms with Gasteiger partial charge in [0.2, 0.25) is 0 Å². The summed E-state index contributed by atoms with van der Waals surface area (Å²) in [5.41, 5.74) is 3.42. The van der Waals surface area contributed by atoms with Crippen LogP contribution >= 0.6 is 11.8 Å². The second kappa shape index (κ2) is 8.77. The van der Waals surface area contributed by atoms with E-state index < -0.39 is 11.2 Å². The Kier molecular flexibility index (Phi) is 7.41. The van der Waals surface area contributed by atoms with Crippen LogP contribution in [0.15, 0.2) is 46.6 Å². The Bertz CT molecular complexity index is 665. The second-order valence-corrected chi connectivity index (χ2v) is 12.1. The average molecular weight is 419 g/mol. The van der Waals surface area contributed by atoms with Crippen molar-refractivity contribution in [3.63, 3.8) is 0 Å². The number of allylic oxidation sites excluding steroid dienone is 4. The summed E-state index contributed by atoms with van der Waals surface area (Å²) in [5, 5.41) is 22.7. The SMILES string of the molecule is CCC1=CC(C(C)(C)C)=CC(O)(CSCC2(O)C=C(C(C)(C)C)C=C(CC)C2)C1. The molecule has 0 saturated heterocycles. The minimum Gasteiger partial charge on any atom is -0.385 e. The molecule has 0 aliphatic heterocycles. The van der Waals surface area contributed by atoms with Crippen molar-refractivity contribution >= 4 is 11.8 Å². The number of rotatable bonds is 6. The number of hydrogen-bond donors (Lipinski definition) is 2. The molecule has 2 atom stereocenters. The molecule has 2 rings (SSSR count). The van der Waals surface area contributed by atoms with Gasteiger partial charge in [0.25, 0.3) is 0 Å². The third-order valence-electron chi connectivity index (χ3n) is 5.98. The lowest BCUT2D eigenvalue weighted by molar-refractivity contribution is 0.107. The van der Waals surface area contributed by atoms with E-state index in [2.05, 4.69) is 79.7 Å². The molecule has 29 heavy (non-hydrogen) atoms. The lowest BCUT2D eigenvalue weighted by Crippen LogP contribution is -2.37. The first kappa shape index (κ1) is 24.5. The van der Waals surface area contributed by atoms with E-state index in [1.807, 2.05) is 0 Å². The lowest BCUT2D eigenvalue weighted by Gasteiger charge is -2.36. The molecule has 2 nitrogen and oxygen atoms in total. The molecule has 0 fully saturated rings. The van der Waals surface area contributed by atoms with Gasteiger partial charge >= 0.3 is 0 Å². The molecule has 3 heteroatoms. The van der Waals surface area contributed by atoms with E-state index in [1.54, 1.807) is 11.8 Å². The Morgan fingerprint density at radius 3 is 1.38 bits per heavy atom. The van der Waals surface area contributed by atoms with E-state index in [0.29, 0.717) is 24.3 Å². The van der Waals surface area contributed by atoms with Crippen molar-refractivity contribution in [3.8, 4) is 0 Å². The van der Waals surface area contributed by atoms with Crippen LogP contribution in [0.25, 0.3) is 0 Å². The van der Waals surface area contributed by atoms with Crippen LogP contribution < -0.4 is 0 Å². The van der Waals surface area contributed by atoms with Crippen LogP contribution in [0.5, 0.6) is 0 Å². The van der Waals surface area contributed by atoms with Crippen molar-refractivity contribution < 1.29 is 10.2 Å². The van der Waals surface area contributed by atoms with Crippen LogP contribution in [-0.4, -0.2) is 32.9 Å². The molecular weight excluding hydrogens is 376 g/mol. The third-order valence-corrected chi connectivity index (χ3v) is 7.39. The van der Waals surface area contributed by atoms with Crippen molar-refractivity contribution in [2.75, 3.05) is 11.5 Å². The number of hydrogen-bond acceptors (Lipinski definition) is 3. The summed E-state index contributed by atoms with van der Waals surface area (Å²) < 4.78 is 0. The second-order valence-electron chi connectivity index (χ2n) is 11.1. The quantitative estimate of drug-likeness (QED) is 0.510. The fourth-order valence-corrected chi connectivity index (χ4v) is 5.18. The topological polar surface area (TPSA) is 40.5 Å². The van der Waals surface area contributed by atoms with Crippen molar-refractivity contribution in [3.05, 3.63) is 46.6 Å². The van der Waals surface area contributed by atoms with Crippen LogP contribution in [0.4, 0.5) is 0 Å². The first-order chi connectivity index (χ1) is 13.2. The first-order valence-electron chi connectivity index (χ1n) is 11.1. The molecule has 0 bridgehead atoms. The van der Waals surface area contributed by atoms with E-state index in [4.69, 9.17) is 0 Å². The third kappa shape index (κ3) is 6.60. The van der Waals surface area contributed by atoms with Gasteiger partial charge in [-0.3, -0.25) is 0 Å². The maximum Gasteiger partial charge on any atom is 0.0960 e. The van der Waals surface area contributed by atoms with Gasteiger partial charge in [0, 0.05) is 24.3 Å². The maximum atomic E-state index is 11.4. The smallest absolute Gasteiger partial charge is 0.0960 e. The van der Waals surface area contributed by atoms with Crippen LogP contribution in [-0.2, 0) is 0 Å². The fraction of sp³-hybridized carbons (Fsp3) is 0.692. The summed E-state index contributed by atoms with van der Waals surface area (Å²) in [6.07, 6.45) is 12.0. The zero-order valence-electron chi connectivity index (χ0n) is 19.9. The van der Waals surface area contributed by atoms with E-state index in [-0.39, 0.29) is 10.8 Å². The van der Waals surface area contributed by atoms with Gasteiger partial charge in [-0.15, -0.1) is 0 Å². The summed E-state index contributed by atoms with van der Waals surface area (Å²) in [6.45, 7) is 17.5. The number of aliphatic hydroxyl groups is 2. The van der Waals surface area contributed by atoms with Crippen molar-refractivity contribution in [1.29, 1.82) is 0 Å². The molecule has 0 spiro atoms. The molecule has 0 aromatic rings. The van der Waals surface area contributed by atoms with Crippen LogP contribution in [0.1, 0.15) is 81.1 Å². The predicted octanol–water partition coefficient (Wildman–Crippen LogP) is 6.61. The summed E-state index contributed by atoms with van der Waals surface area (Å²) in [5.74, 6) is 1.21. The van der Waals surface area contributed by atoms with Gasteiger partial charge in [-0.1, -0.05) is 78.7 Å². The molecule has 0 heterocycles. The van der Waals surface area contributed by atoms with Gasteiger partial charge in [-0.2, -0.15) is 11.8 Å². The predicted molar refractivity (Wildman–Crippen MR) is 128 cm³/mol. The van der Waals surface area contributed by atoms with Gasteiger partial charge in [-0.05, 0) is 47.0 Å². The van der Waals surface area contributed by atoms with Crippen molar-refractivity contribution in [2.45, 2.75) is 92.3 Å². The van der Waals surface area contributed by atoms with Gasteiger partial charge in [0.15, 0.2) is 0 Å². The van der Waals surface area contributed by atoms with Gasteiger partial charge < -0.3 is 10.2 Å². The standard InChI is InChI=1S/C26H42O2S/c1-9-19-11-21(23(3,4)5)15-25(27,13-19)17-29-18-26(28)14-20(10-2)12-22(16-26)24(6,7)8/h11-12,15-16,27-28H,9-10,13-14,17-18H2,1-8H3. The monoisotopic (exact) mass is 418 g/mol. The summed E-state index contributed by atoms with van der Waals surface area (Å²) in [4.78, 5) is 0. The maximum absolute atomic E-state index is 11.4.